The Morgan fingerprint density at radius 2 is 2.27 bits per heavy atom. The quantitative estimate of drug-likeness (QED) is 0.808. The Morgan fingerprint density at radius 1 is 1.40 bits per heavy atom. The van der Waals surface area contributed by atoms with E-state index in [2.05, 4.69) is 17.2 Å². The SMILES string of the molecule is Cc1ccc(C(C)NC2=NCCCC2)o1. The zero-order valence-electron chi connectivity index (χ0n) is 9.42. The van der Waals surface area contributed by atoms with Crippen molar-refractivity contribution in [3.63, 3.8) is 0 Å². The number of nitrogens with one attached hydrogen (secondary N) is 1. The highest BCUT2D eigenvalue weighted by Crippen LogP contribution is 2.16. The van der Waals surface area contributed by atoms with Gasteiger partial charge in [-0.15, -0.1) is 0 Å². The zero-order chi connectivity index (χ0) is 10.7. The van der Waals surface area contributed by atoms with Gasteiger partial charge in [0.25, 0.3) is 0 Å². The van der Waals surface area contributed by atoms with Crippen LogP contribution in [0.3, 0.4) is 0 Å². The minimum atomic E-state index is 0.218. The van der Waals surface area contributed by atoms with Crippen molar-refractivity contribution in [3.05, 3.63) is 23.7 Å². The largest absolute Gasteiger partial charge is 0.464 e. The highest BCUT2D eigenvalue weighted by molar-refractivity contribution is 5.82. The van der Waals surface area contributed by atoms with Gasteiger partial charge in [-0.2, -0.15) is 0 Å². The summed E-state index contributed by atoms with van der Waals surface area (Å²) in [5, 5.41) is 3.40. The Hall–Kier alpha value is -1.25. The Kier molecular flexibility index (Phi) is 3.09. The molecule has 82 valence electrons. The van der Waals surface area contributed by atoms with Crippen LogP contribution in [-0.2, 0) is 0 Å². The molecule has 2 rings (SSSR count). The number of aryl methyl sites for hydroxylation is 1. The first-order chi connectivity index (χ1) is 7.25. The number of hydrogen-bond donors (Lipinski definition) is 1. The van der Waals surface area contributed by atoms with Crippen LogP contribution < -0.4 is 5.32 Å². The highest BCUT2D eigenvalue weighted by atomic mass is 16.3. The standard InChI is InChI=1S/C12H18N2O/c1-9-6-7-11(15-9)10(2)14-12-5-3-4-8-13-12/h6-7,10H,3-5,8H2,1-2H3,(H,13,14). The predicted octanol–water partition coefficient (Wildman–Crippen LogP) is 2.82. The van der Waals surface area contributed by atoms with Gasteiger partial charge in [0.15, 0.2) is 0 Å². The lowest BCUT2D eigenvalue weighted by Gasteiger charge is -2.17. The van der Waals surface area contributed by atoms with E-state index in [1.54, 1.807) is 0 Å². The van der Waals surface area contributed by atoms with Crippen LogP contribution in [0.5, 0.6) is 0 Å². The van der Waals surface area contributed by atoms with E-state index < -0.39 is 0 Å². The molecule has 15 heavy (non-hydrogen) atoms. The van der Waals surface area contributed by atoms with Crippen molar-refractivity contribution in [1.29, 1.82) is 0 Å². The van der Waals surface area contributed by atoms with Gasteiger partial charge in [0, 0.05) is 13.0 Å². The summed E-state index contributed by atoms with van der Waals surface area (Å²) < 4.78 is 5.57. The Bertz CT molecular complexity index is 354. The van der Waals surface area contributed by atoms with Gasteiger partial charge in [0.05, 0.1) is 11.9 Å². The molecule has 3 heteroatoms. The highest BCUT2D eigenvalue weighted by Gasteiger charge is 2.12. The molecule has 1 N–H and O–H groups in total. The van der Waals surface area contributed by atoms with Crippen LogP contribution in [0.15, 0.2) is 21.5 Å². The summed E-state index contributed by atoms with van der Waals surface area (Å²) >= 11 is 0. The molecule has 0 amide bonds. The maximum Gasteiger partial charge on any atom is 0.126 e. The van der Waals surface area contributed by atoms with E-state index in [0.29, 0.717) is 0 Å². The van der Waals surface area contributed by atoms with Crippen LogP contribution >= 0.6 is 0 Å². The molecule has 1 unspecified atom stereocenters. The molecule has 1 aromatic rings. The van der Waals surface area contributed by atoms with Crippen LogP contribution in [0.1, 0.15) is 43.7 Å². The average molecular weight is 206 g/mol. The van der Waals surface area contributed by atoms with E-state index >= 15 is 0 Å². The first kappa shape index (κ1) is 10.3. The molecule has 0 aliphatic carbocycles. The van der Waals surface area contributed by atoms with Crippen molar-refractivity contribution in [1.82, 2.24) is 5.32 Å². The minimum absolute atomic E-state index is 0.218. The number of amidine groups is 1. The van der Waals surface area contributed by atoms with Crippen LogP contribution in [-0.4, -0.2) is 12.4 Å². The van der Waals surface area contributed by atoms with Gasteiger partial charge in [-0.05, 0) is 38.8 Å². The van der Waals surface area contributed by atoms with Crippen LogP contribution in [0.2, 0.25) is 0 Å². The summed E-state index contributed by atoms with van der Waals surface area (Å²) in [7, 11) is 0. The van der Waals surface area contributed by atoms with E-state index in [1.165, 1.54) is 12.8 Å². The van der Waals surface area contributed by atoms with Crippen LogP contribution in [0.25, 0.3) is 0 Å². The third kappa shape index (κ3) is 2.61. The summed E-state index contributed by atoms with van der Waals surface area (Å²) in [5.74, 6) is 3.08. The second kappa shape index (κ2) is 4.51. The number of furan rings is 1. The van der Waals surface area contributed by atoms with Crippen LogP contribution in [0, 0.1) is 6.92 Å². The number of nitrogens with zero attached hydrogens (tertiary/aromatic N) is 1. The molecule has 0 saturated carbocycles. The molecule has 0 spiro atoms. The lowest BCUT2D eigenvalue weighted by Crippen LogP contribution is -2.28. The minimum Gasteiger partial charge on any atom is -0.464 e. The molecule has 0 radical (unpaired) electrons. The fourth-order valence-electron chi connectivity index (χ4n) is 1.82. The number of aliphatic imine (C=N–C) groups is 1. The lowest BCUT2D eigenvalue weighted by molar-refractivity contribution is 0.441. The molecular formula is C12H18N2O. The second-order valence-corrected chi connectivity index (χ2v) is 4.10. The molecule has 1 atom stereocenters. The van der Waals surface area contributed by atoms with Crippen molar-refractivity contribution in [3.8, 4) is 0 Å². The number of hydrogen-bond acceptors (Lipinski definition) is 3. The van der Waals surface area contributed by atoms with E-state index in [4.69, 9.17) is 4.42 Å². The van der Waals surface area contributed by atoms with E-state index in [1.807, 2.05) is 19.1 Å². The van der Waals surface area contributed by atoms with Crippen molar-refractivity contribution < 1.29 is 4.42 Å². The van der Waals surface area contributed by atoms with Gasteiger partial charge in [-0.1, -0.05) is 0 Å². The summed E-state index contributed by atoms with van der Waals surface area (Å²) in [4.78, 5) is 4.47. The fourth-order valence-corrected chi connectivity index (χ4v) is 1.82. The molecule has 1 aromatic heterocycles. The van der Waals surface area contributed by atoms with E-state index in [9.17, 15) is 0 Å². The molecular weight excluding hydrogens is 188 g/mol. The molecule has 1 aliphatic rings. The van der Waals surface area contributed by atoms with Crippen molar-refractivity contribution >= 4 is 5.84 Å². The van der Waals surface area contributed by atoms with Gasteiger partial charge in [0.2, 0.25) is 0 Å². The Balaban J connectivity index is 1.97. The smallest absolute Gasteiger partial charge is 0.126 e. The van der Waals surface area contributed by atoms with E-state index in [0.717, 1.165) is 30.3 Å². The molecule has 3 nitrogen and oxygen atoms in total. The maximum absolute atomic E-state index is 5.57. The average Bonchev–Trinajstić information content (AvgIpc) is 2.66. The topological polar surface area (TPSA) is 37.5 Å². The maximum atomic E-state index is 5.57. The molecule has 0 saturated heterocycles. The Labute approximate surface area is 90.6 Å². The van der Waals surface area contributed by atoms with Crippen molar-refractivity contribution in [2.45, 2.75) is 39.2 Å². The normalized spacial score (nSPS) is 18.4. The molecule has 0 fully saturated rings. The lowest BCUT2D eigenvalue weighted by atomic mass is 10.1. The van der Waals surface area contributed by atoms with E-state index in [-0.39, 0.29) is 6.04 Å². The Morgan fingerprint density at radius 3 is 2.87 bits per heavy atom. The third-order valence-corrected chi connectivity index (χ3v) is 2.70. The number of rotatable bonds is 2. The summed E-state index contributed by atoms with van der Waals surface area (Å²) in [6.07, 6.45) is 3.54. The first-order valence-corrected chi connectivity index (χ1v) is 5.62. The van der Waals surface area contributed by atoms with Gasteiger partial charge < -0.3 is 9.73 Å². The van der Waals surface area contributed by atoms with Gasteiger partial charge in [-0.3, -0.25) is 4.99 Å². The summed E-state index contributed by atoms with van der Waals surface area (Å²) in [6.45, 7) is 5.04. The van der Waals surface area contributed by atoms with Gasteiger partial charge in [-0.25, -0.2) is 0 Å². The third-order valence-electron chi connectivity index (χ3n) is 2.70. The fraction of sp³-hybridized carbons (Fsp3) is 0.583. The van der Waals surface area contributed by atoms with Gasteiger partial charge >= 0.3 is 0 Å². The monoisotopic (exact) mass is 206 g/mol. The van der Waals surface area contributed by atoms with Crippen molar-refractivity contribution in [2.75, 3.05) is 6.54 Å². The predicted molar refractivity (Wildman–Crippen MR) is 61.1 cm³/mol. The van der Waals surface area contributed by atoms with Crippen molar-refractivity contribution in [2.24, 2.45) is 4.99 Å². The summed E-state index contributed by atoms with van der Waals surface area (Å²) in [6, 6.07) is 4.24. The van der Waals surface area contributed by atoms with Crippen LogP contribution in [0.4, 0.5) is 0 Å². The van der Waals surface area contributed by atoms with Gasteiger partial charge in [0.1, 0.15) is 11.5 Å². The zero-order valence-corrected chi connectivity index (χ0v) is 9.42. The first-order valence-electron chi connectivity index (χ1n) is 5.62. The molecule has 0 aromatic carbocycles. The molecule has 1 aliphatic heterocycles. The summed E-state index contributed by atoms with van der Waals surface area (Å²) in [5.41, 5.74) is 0. The molecule has 2 heterocycles. The molecule has 0 bridgehead atoms. The second-order valence-electron chi connectivity index (χ2n) is 4.10.